The number of hydrogen-bond donors (Lipinski definition) is 0. The molecule has 2 aliphatic heterocycles. The van der Waals surface area contributed by atoms with Gasteiger partial charge in [0, 0.05) is 38.4 Å². The summed E-state index contributed by atoms with van der Waals surface area (Å²) in [6, 6.07) is 40.0. The highest BCUT2D eigenvalue weighted by Crippen LogP contribution is 2.58. The quantitative estimate of drug-likeness (QED) is 0.159. The van der Waals surface area contributed by atoms with Crippen molar-refractivity contribution in [2.75, 3.05) is 9.80 Å². The summed E-state index contributed by atoms with van der Waals surface area (Å²) in [5.74, 6) is 0. The molecule has 0 radical (unpaired) electrons. The number of rotatable bonds is 2. The fourth-order valence-corrected chi connectivity index (χ4v) is 16.2. The van der Waals surface area contributed by atoms with Crippen molar-refractivity contribution in [2.45, 2.75) is 180 Å². The Morgan fingerprint density at radius 3 is 1.60 bits per heavy atom. The minimum absolute atomic E-state index is 0.0483. The predicted molar refractivity (Wildman–Crippen MR) is 304 cm³/mol. The fraction of sp³-hybridized carbons (Fsp3) is 0.424. The van der Waals surface area contributed by atoms with E-state index in [4.69, 9.17) is 0 Å². The molecule has 0 spiro atoms. The first-order valence-corrected chi connectivity index (χ1v) is 27.6. The average Bonchev–Trinajstić information content (AvgIpc) is 3.79. The molecule has 70 heavy (non-hydrogen) atoms. The van der Waals surface area contributed by atoms with Gasteiger partial charge < -0.3 is 9.80 Å². The topological polar surface area (TPSA) is 6.48 Å². The highest BCUT2D eigenvalue weighted by molar-refractivity contribution is 7.26. The molecule has 0 saturated heterocycles. The Balaban J connectivity index is 1.19. The van der Waals surface area contributed by atoms with Crippen molar-refractivity contribution in [1.82, 2.24) is 0 Å². The lowest BCUT2D eigenvalue weighted by atomic mass is 9.33. The van der Waals surface area contributed by atoms with E-state index >= 15 is 0 Å². The number of anilines is 6. The zero-order valence-electron chi connectivity index (χ0n) is 44.9. The Kier molecular flexibility index (Phi) is 8.91. The van der Waals surface area contributed by atoms with E-state index in [0.717, 1.165) is 0 Å². The molecule has 0 amide bonds. The summed E-state index contributed by atoms with van der Waals surface area (Å²) in [5.41, 5.74) is 27.4. The number of hydrogen-bond acceptors (Lipinski definition) is 3. The molecule has 7 aromatic rings. The predicted octanol–water partition coefficient (Wildman–Crippen LogP) is 16.6. The van der Waals surface area contributed by atoms with Crippen molar-refractivity contribution >= 4 is 78.0 Å². The third-order valence-electron chi connectivity index (χ3n) is 19.7. The average molecular weight is 937 g/mol. The first kappa shape index (κ1) is 44.9. The van der Waals surface area contributed by atoms with Gasteiger partial charge in [0.05, 0.1) is 10.7 Å². The van der Waals surface area contributed by atoms with Gasteiger partial charge >= 0.3 is 0 Å². The van der Waals surface area contributed by atoms with Gasteiger partial charge in [0.2, 0.25) is 0 Å². The smallest absolute Gasteiger partial charge is 0.254 e. The second-order valence-electron chi connectivity index (χ2n) is 27.4. The van der Waals surface area contributed by atoms with Crippen LogP contribution in [0.4, 0.5) is 33.4 Å². The van der Waals surface area contributed by atoms with Gasteiger partial charge in [-0.05, 0) is 204 Å². The van der Waals surface area contributed by atoms with E-state index in [2.05, 4.69) is 222 Å². The zero-order valence-corrected chi connectivity index (χ0v) is 45.7. The maximum Gasteiger partial charge on any atom is 0.254 e. The lowest BCUT2D eigenvalue weighted by Crippen LogP contribution is -2.61. The molecule has 0 saturated carbocycles. The molecule has 4 aliphatic carbocycles. The van der Waals surface area contributed by atoms with E-state index in [9.17, 15) is 0 Å². The van der Waals surface area contributed by atoms with Crippen LogP contribution in [0.25, 0.3) is 21.2 Å². The highest BCUT2D eigenvalue weighted by Gasteiger charge is 2.50. The summed E-state index contributed by atoms with van der Waals surface area (Å²) >= 11 is 2.05. The van der Waals surface area contributed by atoms with E-state index in [0.29, 0.717) is 0 Å². The molecule has 6 aliphatic rings. The van der Waals surface area contributed by atoms with E-state index in [1.165, 1.54) is 149 Å². The van der Waals surface area contributed by atoms with Gasteiger partial charge in [-0.25, -0.2) is 0 Å². The molecule has 4 heteroatoms. The molecule has 0 N–H and O–H groups in total. The van der Waals surface area contributed by atoms with E-state index in [-0.39, 0.29) is 44.6 Å². The van der Waals surface area contributed by atoms with Gasteiger partial charge in [-0.15, -0.1) is 11.3 Å². The third-order valence-corrected chi connectivity index (χ3v) is 20.8. The van der Waals surface area contributed by atoms with E-state index in [1.54, 1.807) is 11.1 Å². The number of benzene rings is 6. The molecule has 3 heterocycles. The Morgan fingerprint density at radius 1 is 0.429 bits per heavy atom. The maximum absolute atomic E-state index is 2.76. The molecular formula is C66H73BN2S. The maximum atomic E-state index is 2.76. The van der Waals surface area contributed by atoms with Crippen LogP contribution in [0.15, 0.2) is 97.1 Å². The van der Waals surface area contributed by atoms with Gasteiger partial charge in [-0.2, -0.15) is 0 Å². The van der Waals surface area contributed by atoms with Gasteiger partial charge in [0.15, 0.2) is 0 Å². The molecule has 0 unspecified atom stereocenters. The molecule has 356 valence electrons. The number of nitrogens with zero attached hydrogens (tertiary/aromatic N) is 2. The van der Waals surface area contributed by atoms with Crippen LogP contribution in [-0.4, -0.2) is 6.71 Å². The van der Waals surface area contributed by atoms with Gasteiger partial charge in [0.25, 0.3) is 6.71 Å². The number of fused-ring (bicyclic) bond motifs is 12. The fourth-order valence-electron chi connectivity index (χ4n) is 14.9. The Morgan fingerprint density at radius 2 is 0.957 bits per heavy atom. The van der Waals surface area contributed by atoms with Crippen LogP contribution in [0.5, 0.6) is 0 Å². The molecule has 0 fully saturated rings. The summed E-state index contributed by atoms with van der Waals surface area (Å²) < 4.78 is 1.42. The van der Waals surface area contributed by atoms with E-state index < -0.39 is 0 Å². The van der Waals surface area contributed by atoms with Gasteiger partial charge in [-0.3, -0.25) is 0 Å². The largest absolute Gasteiger partial charge is 0.311 e. The van der Waals surface area contributed by atoms with Crippen molar-refractivity contribution < 1.29 is 0 Å². The molecular weight excluding hydrogens is 864 g/mol. The van der Waals surface area contributed by atoms with Crippen LogP contribution in [0.1, 0.15) is 186 Å². The second-order valence-corrected chi connectivity index (χ2v) is 28.4. The third kappa shape index (κ3) is 5.92. The summed E-state index contributed by atoms with van der Waals surface area (Å²) in [4.78, 5) is 5.51. The van der Waals surface area contributed by atoms with Crippen molar-refractivity contribution in [1.29, 1.82) is 0 Å². The zero-order chi connectivity index (χ0) is 49.2. The lowest BCUT2D eigenvalue weighted by Gasteiger charge is -2.47. The van der Waals surface area contributed by atoms with Crippen LogP contribution in [0, 0.1) is 6.92 Å². The minimum atomic E-state index is -0.117. The van der Waals surface area contributed by atoms with Crippen LogP contribution in [-0.2, 0) is 37.9 Å². The first-order valence-electron chi connectivity index (χ1n) is 26.8. The summed E-state index contributed by atoms with van der Waals surface area (Å²) in [6.07, 6.45) is 7.16. The first-order chi connectivity index (χ1) is 32.8. The second kappa shape index (κ2) is 13.9. The molecule has 2 nitrogen and oxygen atoms in total. The van der Waals surface area contributed by atoms with Gasteiger partial charge in [0.1, 0.15) is 0 Å². The van der Waals surface area contributed by atoms with Crippen LogP contribution >= 0.6 is 11.3 Å². The highest BCUT2D eigenvalue weighted by atomic mass is 32.1. The molecule has 13 rings (SSSR count). The Hall–Kier alpha value is -5.06. The molecule has 0 bridgehead atoms. The molecule has 1 aromatic heterocycles. The lowest BCUT2D eigenvalue weighted by molar-refractivity contribution is 0.332. The summed E-state index contributed by atoms with van der Waals surface area (Å²) in [6.45, 7) is 37.2. The van der Waals surface area contributed by atoms with E-state index in [1.807, 2.05) is 0 Å². The summed E-state index contributed by atoms with van der Waals surface area (Å²) in [7, 11) is 0. The normalized spacial score (nSPS) is 21.4. The Bertz CT molecular complexity index is 3460. The van der Waals surface area contributed by atoms with Crippen LogP contribution < -0.4 is 26.2 Å². The van der Waals surface area contributed by atoms with Crippen molar-refractivity contribution in [3.8, 4) is 11.1 Å². The Labute approximate surface area is 424 Å². The molecule has 0 atom stereocenters. The monoisotopic (exact) mass is 937 g/mol. The van der Waals surface area contributed by atoms with Crippen molar-refractivity contribution in [3.05, 3.63) is 147 Å². The van der Waals surface area contributed by atoms with Crippen molar-refractivity contribution in [2.24, 2.45) is 0 Å². The summed E-state index contributed by atoms with van der Waals surface area (Å²) in [5, 5.41) is 2.84. The minimum Gasteiger partial charge on any atom is -0.311 e. The number of aryl methyl sites for hydroxylation is 1. The standard InChI is InChI=1S/C66H73BN2S/c1-38-31-53-58-54(32-38)69(51-22-18-21-44-56(51)40-19-16-17-20-42(40)66(44,14)15)52-36-48-47(63(8,9)28-29-64(48,10)11)35-50(52)67(58)57-41-34-46-49(65(12,13)30-27-62(46,6)7)37-55(41)70-59(57)68(53)39-23-24-43-45(33-39)61(4,5)26-25-60(43,2)3/h16-24,31-37H,25-30H2,1-15H3. The molecule has 6 aromatic carbocycles. The SMILES string of the molecule is Cc1cc2c3c(c1)N(c1ccc4c(c1)C(C)(C)CCC4(C)C)c1sc4cc5c(cc4c1B3c1cc3c(cc1N2c1cccc2c1-c1ccccc1C2(C)C)C(C)(C)CCC3(C)C)C(C)(C)CCC5(C)C. The number of thiophene rings is 1. The van der Waals surface area contributed by atoms with Crippen LogP contribution in [0.2, 0.25) is 0 Å². The van der Waals surface area contributed by atoms with Gasteiger partial charge in [-0.1, -0.05) is 145 Å². The van der Waals surface area contributed by atoms with Crippen molar-refractivity contribution in [3.63, 3.8) is 0 Å². The van der Waals surface area contributed by atoms with Crippen LogP contribution in [0.3, 0.4) is 0 Å².